The largest absolute Gasteiger partial charge is 0.300 e. The SMILES string of the molecule is Cc1ccc(S(=O)(=O)O[C@H]2CC[C@@H]3[C@@H]4CC[C@H]5CC(=O)CC[C@]5(C)[C@H]4CC[C@]23C)cc1. The molecule has 0 saturated heterocycles. The summed E-state index contributed by atoms with van der Waals surface area (Å²) >= 11 is 0. The van der Waals surface area contributed by atoms with Gasteiger partial charge in [0.05, 0.1) is 11.0 Å². The number of hydrogen-bond donors (Lipinski definition) is 0. The molecule has 4 aliphatic rings. The van der Waals surface area contributed by atoms with Crippen molar-refractivity contribution in [2.75, 3.05) is 0 Å². The number of benzene rings is 1. The fourth-order valence-electron chi connectivity index (χ4n) is 8.07. The molecule has 0 spiro atoms. The summed E-state index contributed by atoms with van der Waals surface area (Å²) in [7, 11) is -3.75. The zero-order chi connectivity index (χ0) is 22.0. The van der Waals surface area contributed by atoms with Crippen LogP contribution >= 0.6 is 0 Å². The normalized spacial score (nSPS) is 42.5. The van der Waals surface area contributed by atoms with Gasteiger partial charge in [-0.05, 0) is 98.5 Å². The fourth-order valence-corrected chi connectivity index (χ4v) is 9.27. The van der Waals surface area contributed by atoms with E-state index in [1.54, 1.807) is 12.1 Å². The fraction of sp³-hybridized carbons (Fsp3) is 0.731. The Bertz CT molecular complexity index is 968. The molecule has 1 aromatic rings. The molecule has 170 valence electrons. The number of hydrogen-bond acceptors (Lipinski definition) is 4. The lowest BCUT2D eigenvalue weighted by atomic mass is 9.45. The van der Waals surface area contributed by atoms with E-state index in [0.717, 1.165) is 56.9 Å². The highest BCUT2D eigenvalue weighted by molar-refractivity contribution is 7.86. The van der Waals surface area contributed by atoms with Crippen LogP contribution in [-0.2, 0) is 19.1 Å². The van der Waals surface area contributed by atoms with Crippen molar-refractivity contribution in [3.8, 4) is 0 Å². The van der Waals surface area contributed by atoms with E-state index in [1.807, 2.05) is 19.1 Å². The van der Waals surface area contributed by atoms with Gasteiger partial charge in [0.25, 0.3) is 10.1 Å². The third kappa shape index (κ3) is 3.42. The first-order valence-corrected chi connectivity index (χ1v) is 13.6. The topological polar surface area (TPSA) is 60.4 Å². The number of ketones is 1. The van der Waals surface area contributed by atoms with Gasteiger partial charge in [0.1, 0.15) is 5.78 Å². The van der Waals surface area contributed by atoms with Crippen LogP contribution in [0.2, 0.25) is 0 Å². The Hall–Kier alpha value is -1.20. The van der Waals surface area contributed by atoms with Crippen molar-refractivity contribution in [2.45, 2.75) is 89.6 Å². The average molecular weight is 445 g/mol. The number of rotatable bonds is 3. The van der Waals surface area contributed by atoms with Gasteiger partial charge in [0.2, 0.25) is 0 Å². The Labute approximate surface area is 187 Å². The van der Waals surface area contributed by atoms with Crippen LogP contribution in [0, 0.1) is 41.4 Å². The molecule has 4 fully saturated rings. The van der Waals surface area contributed by atoms with Crippen molar-refractivity contribution in [1.82, 2.24) is 0 Å². The predicted molar refractivity (Wildman–Crippen MR) is 120 cm³/mol. The van der Waals surface area contributed by atoms with E-state index in [2.05, 4.69) is 13.8 Å². The van der Waals surface area contributed by atoms with Gasteiger partial charge in [0, 0.05) is 12.8 Å². The number of Topliss-reactive ketones (excluding diaryl/α,β-unsaturated/α-hetero) is 1. The number of carbonyl (C=O) groups is 1. The number of carbonyl (C=O) groups excluding carboxylic acids is 1. The maximum Gasteiger partial charge on any atom is 0.297 e. The lowest BCUT2D eigenvalue weighted by Gasteiger charge is -2.60. The Balaban J connectivity index is 1.37. The number of aryl methyl sites for hydroxylation is 1. The first kappa shape index (κ1) is 21.6. The van der Waals surface area contributed by atoms with Gasteiger partial charge in [-0.3, -0.25) is 8.98 Å². The highest BCUT2D eigenvalue weighted by Crippen LogP contribution is 2.66. The van der Waals surface area contributed by atoms with E-state index in [-0.39, 0.29) is 21.8 Å². The van der Waals surface area contributed by atoms with Crippen LogP contribution in [0.15, 0.2) is 29.2 Å². The summed E-state index contributed by atoms with van der Waals surface area (Å²) in [4.78, 5) is 12.4. The van der Waals surface area contributed by atoms with Crippen LogP contribution in [0.1, 0.15) is 77.2 Å². The lowest BCUT2D eigenvalue weighted by molar-refractivity contribution is -0.140. The third-order valence-corrected chi connectivity index (χ3v) is 11.3. The van der Waals surface area contributed by atoms with Gasteiger partial charge < -0.3 is 0 Å². The lowest BCUT2D eigenvalue weighted by Crippen LogP contribution is -2.54. The third-order valence-electron chi connectivity index (χ3n) is 9.95. The van der Waals surface area contributed by atoms with E-state index < -0.39 is 10.1 Å². The summed E-state index contributed by atoms with van der Waals surface area (Å²) in [6.45, 7) is 6.69. The summed E-state index contributed by atoms with van der Waals surface area (Å²) in [5.41, 5.74) is 1.25. The Morgan fingerprint density at radius 1 is 0.903 bits per heavy atom. The van der Waals surface area contributed by atoms with Crippen LogP contribution in [0.25, 0.3) is 0 Å². The Morgan fingerprint density at radius 3 is 2.35 bits per heavy atom. The maximum absolute atomic E-state index is 13.0. The van der Waals surface area contributed by atoms with Gasteiger partial charge in [-0.15, -0.1) is 0 Å². The van der Waals surface area contributed by atoms with Gasteiger partial charge in [-0.1, -0.05) is 31.5 Å². The summed E-state index contributed by atoms with van der Waals surface area (Å²) in [5.74, 6) is 2.85. The standard InChI is InChI=1S/C26H36O4S/c1-17-4-7-20(8-5-17)31(28,29)30-24-11-10-22-21-9-6-18-16-19(27)12-14-25(18,2)23(21)13-15-26(22,24)3/h4-5,7-8,18,21-24H,6,9-16H2,1-3H3/t18-,21-,22+,23-,24-,25-,26-/m0/s1. The minimum Gasteiger partial charge on any atom is -0.300 e. The van der Waals surface area contributed by atoms with Crippen molar-refractivity contribution < 1.29 is 17.4 Å². The minimum absolute atomic E-state index is 0.0768. The highest BCUT2D eigenvalue weighted by atomic mass is 32.2. The first-order valence-electron chi connectivity index (χ1n) is 12.2. The Morgan fingerprint density at radius 2 is 1.61 bits per heavy atom. The van der Waals surface area contributed by atoms with Crippen molar-refractivity contribution in [1.29, 1.82) is 0 Å². The molecule has 0 unspecified atom stereocenters. The molecule has 1 aromatic carbocycles. The molecule has 4 saturated carbocycles. The maximum atomic E-state index is 13.0. The predicted octanol–water partition coefficient (Wildman–Crippen LogP) is 5.68. The second-order valence-electron chi connectivity index (χ2n) is 11.4. The molecule has 0 amide bonds. The molecule has 7 atom stereocenters. The molecule has 4 aliphatic carbocycles. The van der Waals surface area contributed by atoms with E-state index in [9.17, 15) is 13.2 Å². The van der Waals surface area contributed by atoms with E-state index in [4.69, 9.17) is 4.18 Å². The summed E-state index contributed by atoms with van der Waals surface area (Å²) in [5, 5.41) is 0. The molecule has 0 bridgehead atoms. The van der Waals surface area contributed by atoms with Crippen LogP contribution in [0.3, 0.4) is 0 Å². The molecule has 5 rings (SSSR count). The molecule has 31 heavy (non-hydrogen) atoms. The molecular formula is C26H36O4S. The smallest absolute Gasteiger partial charge is 0.297 e. The van der Waals surface area contributed by atoms with E-state index in [0.29, 0.717) is 29.5 Å². The zero-order valence-corrected chi connectivity index (χ0v) is 19.9. The summed E-state index contributed by atoms with van der Waals surface area (Å²) in [6.07, 6.45) is 8.75. The molecular weight excluding hydrogens is 408 g/mol. The van der Waals surface area contributed by atoms with Crippen LogP contribution in [0.5, 0.6) is 0 Å². The van der Waals surface area contributed by atoms with Crippen molar-refractivity contribution in [3.05, 3.63) is 29.8 Å². The monoisotopic (exact) mass is 444 g/mol. The first-order chi connectivity index (χ1) is 14.6. The highest BCUT2D eigenvalue weighted by Gasteiger charge is 2.61. The summed E-state index contributed by atoms with van der Waals surface area (Å²) in [6, 6.07) is 6.97. The van der Waals surface area contributed by atoms with Gasteiger partial charge in [-0.2, -0.15) is 8.42 Å². The van der Waals surface area contributed by atoms with E-state index in [1.165, 1.54) is 6.42 Å². The molecule has 0 heterocycles. The molecule has 0 aliphatic heterocycles. The summed E-state index contributed by atoms with van der Waals surface area (Å²) < 4.78 is 32.0. The second kappa shape index (κ2) is 7.41. The van der Waals surface area contributed by atoms with Gasteiger partial charge >= 0.3 is 0 Å². The average Bonchev–Trinajstić information content (AvgIpc) is 3.04. The molecule has 0 N–H and O–H groups in total. The van der Waals surface area contributed by atoms with E-state index >= 15 is 0 Å². The van der Waals surface area contributed by atoms with Crippen molar-refractivity contribution in [3.63, 3.8) is 0 Å². The van der Waals surface area contributed by atoms with Crippen molar-refractivity contribution >= 4 is 15.9 Å². The quantitative estimate of drug-likeness (QED) is 0.563. The Kier molecular flexibility index (Phi) is 5.17. The van der Waals surface area contributed by atoms with Crippen LogP contribution < -0.4 is 0 Å². The number of fused-ring (bicyclic) bond motifs is 5. The van der Waals surface area contributed by atoms with Crippen LogP contribution in [0.4, 0.5) is 0 Å². The minimum atomic E-state index is -3.75. The molecule has 0 radical (unpaired) electrons. The zero-order valence-electron chi connectivity index (χ0n) is 19.1. The molecule has 4 nitrogen and oxygen atoms in total. The van der Waals surface area contributed by atoms with Gasteiger partial charge in [0.15, 0.2) is 0 Å². The van der Waals surface area contributed by atoms with Gasteiger partial charge in [-0.25, -0.2) is 0 Å². The van der Waals surface area contributed by atoms with Crippen LogP contribution in [-0.4, -0.2) is 20.3 Å². The molecule has 0 aromatic heterocycles. The molecule has 5 heteroatoms. The second-order valence-corrected chi connectivity index (χ2v) is 12.9. The van der Waals surface area contributed by atoms with Crippen molar-refractivity contribution in [2.24, 2.45) is 34.5 Å².